The third-order valence-corrected chi connectivity index (χ3v) is 4.75. The molecule has 3 heterocycles. The van der Waals surface area contributed by atoms with Crippen molar-refractivity contribution in [1.82, 2.24) is 19.2 Å². The van der Waals surface area contributed by atoms with Crippen LogP contribution >= 0.6 is 0 Å². The molecule has 3 aromatic rings. The molecular weight excluding hydrogens is 320 g/mol. The van der Waals surface area contributed by atoms with E-state index in [1.165, 1.54) is 4.68 Å². The number of rotatable bonds is 4. The van der Waals surface area contributed by atoms with Gasteiger partial charge in [-0.15, -0.1) is 0 Å². The Morgan fingerprint density at radius 2 is 2.04 bits per heavy atom. The van der Waals surface area contributed by atoms with Gasteiger partial charge in [-0.3, -0.25) is 14.3 Å². The molecule has 0 spiro atoms. The van der Waals surface area contributed by atoms with Crippen LogP contribution in [0.1, 0.15) is 17.7 Å². The van der Waals surface area contributed by atoms with Crippen LogP contribution in [0.25, 0.3) is 11.1 Å². The zero-order chi connectivity index (χ0) is 17.4. The van der Waals surface area contributed by atoms with E-state index in [1.54, 1.807) is 17.7 Å². The van der Waals surface area contributed by atoms with Gasteiger partial charge in [0.1, 0.15) is 0 Å². The van der Waals surface area contributed by atoms with E-state index in [1.807, 2.05) is 24.3 Å². The summed E-state index contributed by atoms with van der Waals surface area (Å²) in [6, 6.07) is 9.16. The number of para-hydroxylation sites is 2. The Morgan fingerprint density at radius 1 is 1.20 bits per heavy atom. The summed E-state index contributed by atoms with van der Waals surface area (Å²) in [5.74, 6) is -0.308. The molecule has 0 amide bonds. The van der Waals surface area contributed by atoms with Gasteiger partial charge in [-0.2, -0.15) is 5.10 Å². The fourth-order valence-corrected chi connectivity index (χ4v) is 3.42. The Labute approximate surface area is 144 Å². The number of fused-ring (bicyclic) bond motifs is 2. The average Bonchev–Trinajstić information content (AvgIpc) is 2.92. The molecule has 1 aliphatic rings. The fraction of sp³-hybridized carbons (Fsp3) is 0.389. The number of aromatic nitrogens is 3. The highest BCUT2D eigenvalue weighted by Gasteiger charge is 2.18. The zero-order valence-corrected chi connectivity index (χ0v) is 14.1. The van der Waals surface area contributed by atoms with E-state index in [-0.39, 0.29) is 11.3 Å². The summed E-state index contributed by atoms with van der Waals surface area (Å²) in [6.07, 6.45) is 1.69. The van der Waals surface area contributed by atoms with Gasteiger partial charge in [0.25, 0.3) is 5.56 Å². The first-order chi connectivity index (χ1) is 12.1. The molecule has 7 heteroatoms. The van der Waals surface area contributed by atoms with Crippen molar-refractivity contribution in [3.05, 3.63) is 62.5 Å². The maximum Gasteiger partial charge on any atom is 0.419 e. The molecule has 0 atom stereocenters. The van der Waals surface area contributed by atoms with Gasteiger partial charge in [-0.05, 0) is 24.1 Å². The molecule has 0 bridgehead atoms. The summed E-state index contributed by atoms with van der Waals surface area (Å²) in [5.41, 5.74) is 3.42. The largest absolute Gasteiger partial charge is 0.419 e. The maximum atomic E-state index is 12.0. The summed E-state index contributed by atoms with van der Waals surface area (Å²) < 4.78 is 8.34. The van der Waals surface area contributed by atoms with Gasteiger partial charge >= 0.3 is 5.76 Å². The monoisotopic (exact) mass is 340 g/mol. The van der Waals surface area contributed by atoms with Gasteiger partial charge < -0.3 is 4.42 Å². The number of hydrogen-bond acceptors (Lipinski definition) is 5. The minimum atomic E-state index is -0.308. The minimum absolute atomic E-state index is 0.0722. The summed E-state index contributed by atoms with van der Waals surface area (Å²) in [4.78, 5) is 26.1. The van der Waals surface area contributed by atoms with Crippen LogP contribution in [0, 0.1) is 0 Å². The third kappa shape index (κ3) is 3.02. The summed E-state index contributed by atoms with van der Waals surface area (Å²) in [6.45, 7) is 3.13. The van der Waals surface area contributed by atoms with E-state index in [0.717, 1.165) is 49.2 Å². The van der Waals surface area contributed by atoms with Gasteiger partial charge in [0.2, 0.25) is 0 Å². The van der Waals surface area contributed by atoms with Gasteiger partial charge in [-0.25, -0.2) is 9.48 Å². The highest BCUT2D eigenvalue weighted by Crippen LogP contribution is 2.16. The Balaban J connectivity index is 1.42. The third-order valence-electron chi connectivity index (χ3n) is 4.75. The molecule has 0 unspecified atom stereocenters. The van der Waals surface area contributed by atoms with Crippen LogP contribution in [0.2, 0.25) is 0 Å². The van der Waals surface area contributed by atoms with Crippen molar-refractivity contribution in [2.45, 2.75) is 25.9 Å². The number of aryl methyl sites for hydroxylation is 2. The Hall–Kier alpha value is -2.67. The van der Waals surface area contributed by atoms with Crippen LogP contribution in [0.5, 0.6) is 0 Å². The lowest BCUT2D eigenvalue weighted by Crippen LogP contribution is -2.35. The minimum Gasteiger partial charge on any atom is -0.408 e. The highest BCUT2D eigenvalue weighted by molar-refractivity contribution is 5.72. The maximum absolute atomic E-state index is 12.0. The van der Waals surface area contributed by atoms with Gasteiger partial charge in [-0.1, -0.05) is 12.1 Å². The molecular formula is C18H20N4O3. The molecule has 1 aromatic carbocycles. The number of oxazole rings is 1. The second-order valence-electron chi connectivity index (χ2n) is 6.45. The van der Waals surface area contributed by atoms with Crippen molar-refractivity contribution < 1.29 is 4.42 Å². The van der Waals surface area contributed by atoms with E-state index in [4.69, 9.17) is 4.42 Å². The number of nitrogens with zero attached hydrogens (tertiary/aromatic N) is 4. The number of hydrogen-bond donors (Lipinski definition) is 0. The van der Waals surface area contributed by atoms with Crippen molar-refractivity contribution >= 4 is 11.1 Å². The molecule has 0 saturated carbocycles. The lowest BCUT2D eigenvalue weighted by Gasteiger charge is -2.27. The summed E-state index contributed by atoms with van der Waals surface area (Å²) in [7, 11) is 1.68. The van der Waals surface area contributed by atoms with Gasteiger partial charge in [0.15, 0.2) is 5.58 Å². The van der Waals surface area contributed by atoms with E-state index in [9.17, 15) is 9.59 Å². The quantitative estimate of drug-likeness (QED) is 0.712. The highest BCUT2D eigenvalue weighted by atomic mass is 16.4. The molecule has 130 valence electrons. The summed E-state index contributed by atoms with van der Waals surface area (Å²) >= 11 is 0. The molecule has 4 rings (SSSR count). The van der Waals surface area contributed by atoms with Crippen LogP contribution in [-0.2, 0) is 26.6 Å². The first kappa shape index (κ1) is 15.8. The molecule has 25 heavy (non-hydrogen) atoms. The fourth-order valence-electron chi connectivity index (χ4n) is 3.42. The normalized spacial score (nSPS) is 14.8. The predicted molar refractivity (Wildman–Crippen MR) is 93.6 cm³/mol. The van der Waals surface area contributed by atoms with E-state index < -0.39 is 0 Å². The topological polar surface area (TPSA) is 73.3 Å². The smallest absolute Gasteiger partial charge is 0.408 e. The summed E-state index contributed by atoms with van der Waals surface area (Å²) in [5, 5.41) is 4.33. The Kier molecular flexibility index (Phi) is 4.01. The van der Waals surface area contributed by atoms with E-state index in [2.05, 4.69) is 10.00 Å². The van der Waals surface area contributed by atoms with E-state index >= 15 is 0 Å². The van der Waals surface area contributed by atoms with Gasteiger partial charge in [0, 0.05) is 45.7 Å². The van der Waals surface area contributed by atoms with E-state index in [0.29, 0.717) is 12.1 Å². The second-order valence-corrected chi connectivity index (χ2v) is 6.45. The molecule has 0 N–H and O–H groups in total. The van der Waals surface area contributed by atoms with Crippen molar-refractivity contribution in [2.24, 2.45) is 7.05 Å². The molecule has 0 aliphatic carbocycles. The molecule has 0 fully saturated rings. The second kappa shape index (κ2) is 6.33. The Morgan fingerprint density at radius 3 is 2.92 bits per heavy atom. The van der Waals surface area contributed by atoms with Crippen LogP contribution in [0.3, 0.4) is 0 Å². The molecule has 1 aliphatic heterocycles. The van der Waals surface area contributed by atoms with Crippen LogP contribution in [0.4, 0.5) is 0 Å². The SMILES string of the molecule is Cn1nc2c(cc1=O)CN(CCCn1c(=O)oc3ccccc31)CC2. The molecule has 0 saturated heterocycles. The lowest BCUT2D eigenvalue weighted by atomic mass is 10.1. The first-order valence-corrected chi connectivity index (χ1v) is 8.48. The van der Waals surface area contributed by atoms with Gasteiger partial charge in [0.05, 0.1) is 11.2 Å². The Bertz CT molecular complexity index is 1030. The number of benzene rings is 1. The van der Waals surface area contributed by atoms with Crippen molar-refractivity contribution in [2.75, 3.05) is 13.1 Å². The molecule has 0 radical (unpaired) electrons. The van der Waals surface area contributed by atoms with Crippen LogP contribution < -0.4 is 11.3 Å². The van der Waals surface area contributed by atoms with Crippen molar-refractivity contribution in [1.29, 1.82) is 0 Å². The van der Waals surface area contributed by atoms with Crippen LogP contribution in [0.15, 0.2) is 44.3 Å². The molecule has 7 nitrogen and oxygen atoms in total. The molecule has 2 aromatic heterocycles. The average molecular weight is 340 g/mol. The van der Waals surface area contributed by atoms with Crippen LogP contribution in [-0.4, -0.2) is 32.3 Å². The lowest BCUT2D eigenvalue weighted by molar-refractivity contribution is 0.242. The zero-order valence-electron chi connectivity index (χ0n) is 14.1. The standard InChI is InChI=1S/C18H20N4O3/c1-20-17(23)11-13-12-21(10-7-14(13)19-20)8-4-9-22-15-5-2-3-6-16(15)25-18(22)24/h2-3,5-6,11H,4,7-10,12H2,1H3. The first-order valence-electron chi connectivity index (χ1n) is 8.48. The predicted octanol–water partition coefficient (Wildman–Crippen LogP) is 1.14. The van der Waals surface area contributed by atoms with Crippen molar-refractivity contribution in [3.8, 4) is 0 Å². The van der Waals surface area contributed by atoms with Crippen molar-refractivity contribution in [3.63, 3.8) is 0 Å².